The minimum atomic E-state index is -0.0112. The van der Waals surface area contributed by atoms with Crippen molar-refractivity contribution in [2.24, 2.45) is 11.8 Å². The fourth-order valence-electron chi connectivity index (χ4n) is 2.36. The van der Waals surface area contributed by atoms with Crippen molar-refractivity contribution in [1.82, 2.24) is 10.3 Å². The molecule has 0 radical (unpaired) electrons. The molecule has 17 heavy (non-hydrogen) atoms. The van der Waals surface area contributed by atoms with Crippen LogP contribution in [-0.2, 0) is 0 Å². The van der Waals surface area contributed by atoms with E-state index in [1.807, 2.05) is 0 Å². The van der Waals surface area contributed by atoms with Gasteiger partial charge in [0, 0.05) is 17.8 Å². The van der Waals surface area contributed by atoms with E-state index in [-0.39, 0.29) is 5.91 Å². The predicted molar refractivity (Wildman–Crippen MR) is 65.4 cm³/mol. The van der Waals surface area contributed by atoms with Gasteiger partial charge in [0.05, 0.1) is 0 Å². The Balaban J connectivity index is 1.69. The summed E-state index contributed by atoms with van der Waals surface area (Å²) in [5.74, 6) is 1.81. The van der Waals surface area contributed by atoms with Gasteiger partial charge in [-0.2, -0.15) is 0 Å². The van der Waals surface area contributed by atoms with Crippen molar-refractivity contribution in [1.29, 1.82) is 0 Å². The Bertz CT molecular complexity index is 426. The summed E-state index contributed by atoms with van der Waals surface area (Å²) in [4.78, 5) is 16.0. The molecule has 1 aromatic heterocycles. The first-order valence-corrected chi connectivity index (χ1v) is 6.26. The molecular weight excluding hydrogens is 214 g/mol. The number of rotatable bonds is 4. The van der Waals surface area contributed by atoms with E-state index < -0.39 is 0 Å². The molecule has 3 rings (SSSR count). The fraction of sp³-hybridized carbons (Fsp3) is 0.538. The molecule has 1 heterocycles. The number of carbonyl (C=O) groups excluding carboxylic acids is 1. The standard InChI is InChI=1S/C13H17N3O/c14-11-7-10(5-6-15-11)13(17)16-12(8-1-2-8)9-3-4-9/h5-9,12H,1-4H2,(H2,14,15)(H,16,17). The van der Waals surface area contributed by atoms with Gasteiger partial charge in [0.2, 0.25) is 0 Å². The van der Waals surface area contributed by atoms with Crippen LogP contribution < -0.4 is 11.1 Å². The van der Waals surface area contributed by atoms with Gasteiger partial charge in [0.15, 0.2) is 0 Å². The molecule has 0 saturated heterocycles. The van der Waals surface area contributed by atoms with Crippen LogP contribution in [0.2, 0.25) is 0 Å². The van der Waals surface area contributed by atoms with Gasteiger partial charge in [0.1, 0.15) is 5.82 Å². The second-order valence-electron chi connectivity index (χ2n) is 5.14. The lowest BCUT2D eigenvalue weighted by molar-refractivity contribution is 0.0926. The molecule has 4 heteroatoms. The molecule has 4 nitrogen and oxygen atoms in total. The summed E-state index contributed by atoms with van der Waals surface area (Å²) >= 11 is 0. The number of hydrogen-bond donors (Lipinski definition) is 2. The van der Waals surface area contributed by atoms with E-state index in [4.69, 9.17) is 5.73 Å². The molecular formula is C13H17N3O. The largest absolute Gasteiger partial charge is 0.384 e. The van der Waals surface area contributed by atoms with Gasteiger partial charge in [-0.1, -0.05) is 0 Å². The highest BCUT2D eigenvalue weighted by Crippen LogP contribution is 2.44. The topological polar surface area (TPSA) is 68.0 Å². The van der Waals surface area contributed by atoms with Gasteiger partial charge in [0.25, 0.3) is 5.91 Å². The van der Waals surface area contributed by atoms with Crippen LogP contribution in [0.15, 0.2) is 18.3 Å². The van der Waals surface area contributed by atoms with E-state index in [0.717, 1.165) is 0 Å². The van der Waals surface area contributed by atoms with E-state index in [1.54, 1.807) is 18.3 Å². The van der Waals surface area contributed by atoms with Crippen LogP contribution in [0.5, 0.6) is 0 Å². The van der Waals surface area contributed by atoms with Crippen LogP contribution in [0.3, 0.4) is 0 Å². The summed E-state index contributed by atoms with van der Waals surface area (Å²) in [7, 11) is 0. The summed E-state index contributed by atoms with van der Waals surface area (Å²) in [5, 5.41) is 3.16. The number of amides is 1. The molecule has 0 aliphatic heterocycles. The first-order valence-electron chi connectivity index (χ1n) is 6.26. The highest BCUT2D eigenvalue weighted by Gasteiger charge is 2.42. The highest BCUT2D eigenvalue weighted by atomic mass is 16.1. The van der Waals surface area contributed by atoms with Crippen LogP contribution in [0.25, 0.3) is 0 Å². The molecule has 3 N–H and O–H groups in total. The van der Waals surface area contributed by atoms with Gasteiger partial charge in [-0.3, -0.25) is 4.79 Å². The Labute approximate surface area is 101 Å². The number of pyridine rings is 1. The molecule has 2 fully saturated rings. The van der Waals surface area contributed by atoms with Gasteiger partial charge in [-0.15, -0.1) is 0 Å². The molecule has 0 spiro atoms. The second-order valence-corrected chi connectivity index (χ2v) is 5.14. The Hall–Kier alpha value is -1.58. The number of nitrogen functional groups attached to an aromatic ring is 1. The van der Waals surface area contributed by atoms with Gasteiger partial charge in [-0.25, -0.2) is 4.98 Å². The monoisotopic (exact) mass is 231 g/mol. The zero-order valence-electron chi connectivity index (χ0n) is 9.73. The number of nitrogens with one attached hydrogen (secondary N) is 1. The van der Waals surface area contributed by atoms with E-state index in [2.05, 4.69) is 10.3 Å². The van der Waals surface area contributed by atoms with Crippen LogP contribution >= 0.6 is 0 Å². The minimum Gasteiger partial charge on any atom is -0.384 e. The van der Waals surface area contributed by atoms with Gasteiger partial charge >= 0.3 is 0 Å². The molecule has 0 bridgehead atoms. The van der Waals surface area contributed by atoms with Crippen molar-refractivity contribution in [3.63, 3.8) is 0 Å². The maximum absolute atomic E-state index is 12.1. The van der Waals surface area contributed by atoms with Crippen molar-refractivity contribution >= 4 is 11.7 Å². The zero-order chi connectivity index (χ0) is 11.8. The maximum atomic E-state index is 12.1. The first kappa shape index (κ1) is 10.6. The normalized spacial score (nSPS) is 19.4. The molecule has 0 atom stereocenters. The van der Waals surface area contributed by atoms with Crippen molar-refractivity contribution in [2.75, 3.05) is 5.73 Å². The van der Waals surface area contributed by atoms with Gasteiger partial charge < -0.3 is 11.1 Å². The highest BCUT2D eigenvalue weighted by molar-refractivity contribution is 5.95. The lowest BCUT2D eigenvalue weighted by Crippen LogP contribution is -2.38. The first-order chi connectivity index (χ1) is 8.24. The van der Waals surface area contributed by atoms with E-state index in [9.17, 15) is 4.79 Å². The predicted octanol–water partition coefficient (Wildman–Crippen LogP) is 1.58. The SMILES string of the molecule is Nc1cc(C(=O)NC(C2CC2)C2CC2)ccn1. The average molecular weight is 231 g/mol. The number of nitrogens with two attached hydrogens (primary N) is 1. The van der Waals surface area contributed by atoms with Crippen molar-refractivity contribution < 1.29 is 4.79 Å². The summed E-state index contributed by atoms with van der Waals surface area (Å²) < 4.78 is 0. The molecule has 0 unspecified atom stereocenters. The average Bonchev–Trinajstić information content (AvgIpc) is 3.16. The lowest BCUT2D eigenvalue weighted by atomic mass is 10.1. The summed E-state index contributed by atoms with van der Waals surface area (Å²) in [6.45, 7) is 0. The minimum absolute atomic E-state index is 0.0112. The quantitative estimate of drug-likeness (QED) is 0.826. The zero-order valence-corrected chi connectivity index (χ0v) is 9.73. The lowest BCUT2D eigenvalue weighted by Gasteiger charge is -2.17. The molecule has 1 amide bonds. The van der Waals surface area contributed by atoms with Crippen molar-refractivity contribution in [3.8, 4) is 0 Å². The van der Waals surface area contributed by atoms with E-state index in [0.29, 0.717) is 29.3 Å². The van der Waals surface area contributed by atoms with Gasteiger partial charge in [-0.05, 0) is 49.7 Å². The Morgan fingerprint density at radius 2 is 2.00 bits per heavy atom. The van der Waals surface area contributed by atoms with Crippen LogP contribution in [0.4, 0.5) is 5.82 Å². The Morgan fingerprint density at radius 3 is 2.53 bits per heavy atom. The number of carbonyl (C=O) groups is 1. The molecule has 2 saturated carbocycles. The fourth-order valence-corrected chi connectivity index (χ4v) is 2.36. The van der Waals surface area contributed by atoms with Crippen LogP contribution in [-0.4, -0.2) is 16.9 Å². The van der Waals surface area contributed by atoms with Crippen molar-refractivity contribution in [2.45, 2.75) is 31.7 Å². The Kier molecular flexibility index (Phi) is 2.50. The van der Waals surface area contributed by atoms with E-state index >= 15 is 0 Å². The molecule has 1 aromatic rings. The molecule has 2 aliphatic carbocycles. The summed E-state index contributed by atoms with van der Waals surface area (Å²) in [6.07, 6.45) is 6.63. The summed E-state index contributed by atoms with van der Waals surface area (Å²) in [6, 6.07) is 3.73. The van der Waals surface area contributed by atoms with Crippen LogP contribution in [0.1, 0.15) is 36.0 Å². The Morgan fingerprint density at radius 1 is 1.35 bits per heavy atom. The maximum Gasteiger partial charge on any atom is 0.251 e. The second kappa shape index (κ2) is 4.02. The number of anilines is 1. The third kappa shape index (κ3) is 2.40. The molecule has 90 valence electrons. The molecule has 2 aliphatic rings. The third-order valence-corrected chi connectivity index (χ3v) is 3.60. The smallest absolute Gasteiger partial charge is 0.251 e. The van der Waals surface area contributed by atoms with E-state index in [1.165, 1.54) is 25.7 Å². The number of aromatic nitrogens is 1. The van der Waals surface area contributed by atoms with Crippen LogP contribution in [0, 0.1) is 11.8 Å². The third-order valence-electron chi connectivity index (χ3n) is 3.60. The number of nitrogens with zero attached hydrogens (tertiary/aromatic N) is 1. The van der Waals surface area contributed by atoms with Crippen molar-refractivity contribution in [3.05, 3.63) is 23.9 Å². The number of hydrogen-bond acceptors (Lipinski definition) is 3. The molecule has 0 aromatic carbocycles. The summed E-state index contributed by atoms with van der Waals surface area (Å²) in [5.41, 5.74) is 6.20.